The van der Waals surface area contributed by atoms with E-state index in [1.807, 2.05) is 0 Å². The van der Waals surface area contributed by atoms with E-state index in [4.69, 9.17) is 9.78 Å². The highest BCUT2D eigenvalue weighted by atomic mass is 17.2. The first kappa shape index (κ1) is 18.9. The zero-order valence-corrected chi connectivity index (χ0v) is 13.7. The Morgan fingerprint density at radius 2 is 1.53 bits per heavy atom. The van der Waals surface area contributed by atoms with Crippen LogP contribution in [0.2, 0.25) is 0 Å². The molecule has 2 nitrogen and oxygen atoms in total. The molecular weight excluding hydrogens is 236 g/mol. The molecule has 0 heterocycles. The Hall–Kier alpha value is -0.0800. The Labute approximate surface area is 121 Å². The molecule has 19 heavy (non-hydrogen) atoms. The van der Waals surface area contributed by atoms with Crippen LogP contribution in [0, 0.1) is 11.8 Å². The highest BCUT2D eigenvalue weighted by molar-refractivity contribution is 4.54. The summed E-state index contributed by atoms with van der Waals surface area (Å²) < 4.78 is 0. The van der Waals surface area contributed by atoms with Crippen molar-refractivity contribution in [1.29, 1.82) is 0 Å². The molecule has 0 aliphatic rings. The summed E-state index contributed by atoms with van der Waals surface area (Å²) in [5.74, 6) is 1.51. The summed E-state index contributed by atoms with van der Waals surface area (Å²) in [6, 6.07) is 0. The molecule has 0 aliphatic carbocycles. The summed E-state index contributed by atoms with van der Waals surface area (Å²) >= 11 is 0. The predicted molar refractivity (Wildman–Crippen MR) is 83.1 cm³/mol. The summed E-state index contributed by atoms with van der Waals surface area (Å²) in [4.78, 5) is 10.6. The first-order valence-electron chi connectivity index (χ1n) is 8.45. The van der Waals surface area contributed by atoms with E-state index in [0.29, 0.717) is 5.92 Å². The van der Waals surface area contributed by atoms with E-state index >= 15 is 0 Å². The van der Waals surface area contributed by atoms with Gasteiger partial charge in [0.05, 0.1) is 13.2 Å². The molecule has 0 radical (unpaired) electrons. The zero-order valence-electron chi connectivity index (χ0n) is 13.7. The Balaban J connectivity index is 3.20. The van der Waals surface area contributed by atoms with E-state index in [2.05, 4.69) is 27.7 Å². The lowest BCUT2D eigenvalue weighted by Crippen LogP contribution is -2.09. The maximum atomic E-state index is 5.33. The molecule has 0 bridgehead atoms. The molecule has 1 atom stereocenters. The lowest BCUT2D eigenvalue weighted by molar-refractivity contribution is -0.302. The van der Waals surface area contributed by atoms with Gasteiger partial charge in [-0.15, -0.1) is 0 Å². The number of rotatable bonds is 14. The van der Waals surface area contributed by atoms with Crippen molar-refractivity contribution in [3.05, 3.63) is 0 Å². The lowest BCUT2D eigenvalue weighted by Gasteiger charge is -2.13. The molecule has 0 aromatic carbocycles. The average Bonchev–Trinajstić information content (AvgIpc) is 2.40. The molecule has 116 valence electrons. The van der Waals surface area contributed by atoms with Crippen LogP contribution in [0.4, 0.5) is 0 Å². The van der Waals surface area contributed by atoms with Crippen molar-refractivity contribution >= 4 is 0 Å². The Bertz CT molecular complexity index is 169. The fourth-order valence-corrected chi connectivity index (χ4v) is 2.17. The van der Waals surface area contributed by atoms with Crippen LogP contribution in [-0.4, -0.2) is 13.2 Å². The Morgan fingerprint density at radius 1 is 0.789 bits per heavy atom. The first-order chi connectivity index (χ1) is 9.20. The summed E-state index contributed by atoms with van der Waals surface area (Å²) in [6.07, 6.45) is 11.5. The van der Waals surface area contributed by atoms with Gasteiger partial charge in [0.2, 0.25) is 0 Å². The van der Waals surface area contributed by atoms with E-state index < -0.39 is 0 Å². The zero-order chi connectivity index (χ0) is 14.3. The summed E-state index contributed by atoms with van der Waals surface area (Å²) in [6.45, 7) is 10.6. The van der Waals surface area contributed by atoms with E-state index in [-0.39, 0.29) is 0 Å². The van der Waals surface area contributed by atoms with Gasteiger partial charge in [0.25, 0.3) is 0 Å². The number of unbranched alkanes of at least 4 members (excludes halogenated alkanes) is 4. The van der Waals surface area contributed by atoms with Crippen molar-refractivity contribution < 1.29 is 9.78 Å². The van der Waals surface area contributed by atoms with Gasteiger partial charge in [0.15, 0.2) is 0 Å². The predicted octanol–water partition coefficient (Wildman–Crippen LogP) is 5.76. The van der Waals surface area contributed by atoms with Crippen molar-refractivity contribution in [2.75, 3.05) is 13.2 Å². The summed E-state index contributed by atoms with van der Waals surface area (Å²) in [5.41, 5.74) is 0. The van der Waals surface area contributed by atoms with Crippen LogP contribution in [0.3, 0.4) is 0 Å². The molecule has 0 saturated heterocycles. The molecule has 0 aromatic rings. The van der Waals surface area contributed by atoms with Crippen molar-refractivity contribution in [3.63, 3.8) is 0 Å². The van der Waals surface area contributed by atoms with Gasteiger partial charge in [-0.25, -0.2) is 9.78 Å². The van der Waals surface area contributed by atoms with E-state index in [0.717, 1.165) is 25.6 Å². The van der Waals surface area contributed by atoms with Crippen molar-refractivity contribution in [1.82, 2.24) is 0 Å². The van der Waals surface area contributed by atoms with Crippen molar-refractivity contribution in [2.24, 2.45) is 11.8 Å². The monoisotopic (exact) mass is 272 g/mol. The molecule has 0 N–H and O–H groups in total. The van der Waals surface area contributed by atoms with Crippen LogP contribution in [0.1, 0.15) is 85.5 Å². The second-order valence-corrected chi connectivity index (χ2v) is 6.12. The van der Waals surface area contributed by atoms with Crippen LogP contribution in [0.5, 0.6) is 0 Å². The molecule has 0 rings (SSSR count). The molecule has 0 amide bonds. The molecule has 0 saturated carbocycles. The second kappa shape index (κ2) is 14.3. The molecule has 0 aliphatic heterocycles. The summed E-state index contributed by atoms with van der Waals surface area (Å²) in [5, 5.41) is 0. The highest BCUT2D eigenvalue weighted by Crippen LogP contribution is 2.13. The third-order valence-corrected chi connectivity index (χ3v) is 3.69. The average molecular weight is 272 g/mol. The van der Waals surface area contributed by atoms with Crippen LogP contribution in [0.15, 0.2) is 0 Å². The second-order valence-electron chi connectivity index (χ2n) is 6.12. The molecule has 0 spiro atoms. The largest absolute Gasteiger partial charge is 0.237 e. The smallest absolute Gasteiger partial charge is 0.0850 e. The van der Waals surface area contributed by atoms with Gasteiger partial charge in [0, 0.05) is 0 Å². The van der Waals surface area contributed by atoms with Gasteiger partial charge in [-0.3, -0.25) is 0 Å². The summed E-state index contributed by atoms with van der Waals surface area (Å²) in [7, 11) is 0. The maximum absolute atomic E-state index is 5.33. The van der Waals surface area contributed by atoms with Gasteiger partial charge in [-0.1, -0.05) is 72.6 Å². The fourth-order valence-electron chi connectivity index (χ4n) is 2.17. The standard InChI is InChI=1S/C17H36O2/c1-5-7-13-17(6-2)15-19-18-14-11-9-8-10-12-16(3)4/h16-17H,5-15H2,1-4H3. The van der Waals surface area contributed by atoms with Crippen LogP contribution >= 0.6 is 0 Å². The normalized spacial score (nSPS) is 13.1. The van der Waals surface area contributed by atoms with Crippen LogP contribution in [-0.2, 0) is 9.78 Å². The van der Waals surface area contributed by atoms with Gasteiger partial charge < -0.3 is 0 Å². The van der Waals surface area contributed by atoms with Gasteiger partial charge in [-0.05, 0) is 24.7 Å². The minimum Gasteiger partial charge on any atom is -0.237 e. The van der Waals surface area contributed by atoms with Gasteiger partial charge >= 0.3 is 0 Å². The molecular formula is C17H36O2. The first-order valence-corrected chi connectivity index (χ1v) is 8.45. The minimum absolute atomic E-state index is 0.672. The molecule has 1 unspecified atom stereocenters. The molecule has 0 fully saturated rings. The highest BCUT2D eigenvalue weighted by Gasteiger charge is 2.06. The third-order valence-electron chi connectivity index (χ3n) is 3.69. The van der Waals surface area contributed by atoms with Crippen molar-refractivity contribution in [3.8, 4) is 0 Å². The minimum atomic E-state index is 0.672. The van der Waals surface area contributed by atoms with Gasteiger partial charge in [0.1, 0.15) is 0 Å². The van der Waals surface area contributed by atoms with Crippen molar-refractivity contribution in [2.45, 2.75) is 85.5 Å². The SMILES string of the molecule is CCCCC(CC)COOCCCCCCC(C)C. The quantitative estimate of drug-likeness (QED) is 0.227. The van der Waals surface area contributed by atoms with E-state index in [9.17, 15) is 0 Å². The topological polar surface area (TPSA) is 18.5 Å². The van der Waals surface area contributed by atoms with E-state index in [1.54, 1.807) is 0 Å². The molecule has 2 heteroatoms. The fraction of sp³-hybridized carbons (Fsp3) is 1.00. The van der Waals surface area contributed by atoms with E-state index in [1.165, 1.54) is 51.4 Å². The van der Waals surface area contributed by atoms with Gasteiger partial charge in [-0.2, -0.15) is 0 Å². The number of hydrogen-bond donors (Lipinski definition) is 0. The third kappa shape index (κ3) is 14.1. The van der Waals surface area contributed by atoms with Crippen LogP contribution in [0.25, 0.3) is 0 Å². The molecule has 0 aromatic heterocycles. The Kier molecular flexibility index (Phi) is 14.3. The number of hydrogen-bond acceptors (Lipinski definition) is 2. The Morgan fingerprint density at radius 3 is 2.16 bits per heavy atom. The lowest BCUT2D eigenvalue weighted by atomic mass is 10.0. The van der Waals surface area contributed by atoms with Crippen LogP contribution < -0.4 is 0 Å². The maximum Gasteiger partial charge on any atom is 0.0850 e.